The highest BCUT2D eigenvalue weighted by molar-refractivity contribution is 7.16. The molecule has 124 valence electrons. The standard InChI is InChI=1S/C17H21ClN2O2S/c1-20(12-15-8-9-16(18)23-15)17(21)19-10-5-11-22-13-14-6-3-2-4-7-14/h2-4,6-9H,5,10-13H2,1H3,(H,19,21). The Balaban J connectivity index is 1.55. The molecule has 0 aliphatic rings. The van der Waals surface area contributed by atoms with Gasteiger partial charge in [0.1, 0.15) is 0 Å². The molecule has 2 aromatic rings. The summed E-state index contributed by atoms with van der Waals surface area (Å²) in [5.41, 5.74) is 1.16. The van der Waals surface area contributed by atoms with Crippen molar-refractivity contribution in [1.29, 1.82) is 0 Å². The Kier molecular flexibility index (Phi) is 7.39. The molecule has 0 saturated carbocycles. The zero-order chi connectivity index (χ0) is 16.5. The number of halogens is 1. The maximum Gasteiger partial charge on any atom is 0.317 e. The van der Waals surface area contributed by atoms with E-state index in [1.807, 2.05) is 42.5 Å². The van der Waals surface area contributed by atoms with Gasteiger partial charge in [0, 0.05) is 25.1 Å². The van der Waals surface area contributed by atoms with Gasteiger partial charge in [0.15, 0.2) is 0 Å². The summed E-state index contributed by atoms with van der Waals surface area (Å²) in [6.45, 7) is 2.39. The lowest BCUT2D eigenvalue weighted by Crippen LogP contribution is -2.37. The number of ether oxygens (including phenoxy) is 1. The van der Waals surface area contributed by atoms with E-state index in [0.717, 1.165) is 21.2 Å². The predicted octanol–water partition coefficient (Wildman–Crippen LogP) is 4.15. The third-order valence-corrected chi connectivity index (χ3v) is 4.44. The van der Waals surface area contributed by atoms with Crippen LogP contribution in [0.5, 0.6) is 0 Å². The zero-order valence-electron chi connectivity index (χ0n) is 13.1. The number of benzene rings is 1. The van der Waals surface area contributed by atoms with Crippen LogP contribution in [0.1, 0.15) is 16.9 Å². The van der Waals surface area contributed by atoms with Gasteiger partial charge in [-0.15, -0.1) is 11.3 Å². The molecule has 0 radical (unpaired) electrons. The maximum absolute atomic E-state index is 12.0. The summed E-state index contributed by atoms with van der Waals surface area (Å²) in [6, 6.07) is 13.7. The van der Waals surface area contributed by atoms with E-state index in [1.54, 1.807) is 11.9 Å². The second-order valence-electron chi connectivity index (χ2n) is 5.19. The summed E-state index contributed by atoms with van der Waals surface area (Å²) in [7, 11) is 1.77. The molecule has 0 aliphatic heterocycles. The number of thiophene rings is 1. The van der Waals surface area contributed by atoms with Gasteiger partial charge in [0.25, 0.3) is 0 Å². The quantitative estimate of drug-likeness (QED) is 0.725. The highest BCUT2D eigenvalue weighted by Crippen LogP contribution is 2.22. The van der Waals surface area contributed by atoms with Crippen LogP contribution in [-0.2, 0) is 17.9 Å². The molecule has 1 N–H and O–H groups in total. The number of hydrogen-bond acceptors (Lipinski definition) is 3. The third kappa shape index (κ3) is 6.60. The number of carbonyl (C=O) groups is 1. The minimum absolute atomic E-state index is 0.0856. The van der Waals surface area contributed by atoms with E-state index in [1.165, 1.54) is 11.3 Å². The lowest BCUT2D eigenvalue weighted by atomic mass is 10.2. The van der Waals surface area contributed by atoms with Gasteiger partial charge in [-0.3, -0.25) is 0 Å². The second-order valence-corrected chi connectivity index (χ2v) is 6.99. The van der Waals surface area contributed by atoms with E-state index in [-0.39, 0.29) is 6.03 Å². The summed E-state index contributed by atoms with van der Waals surface area (Å²) >= 11 is 7.38. The highest BCUT2D eigenvalue weighted by Gasteiger charge is 2.09. The van der Waals surface area contributed by atoms with Gasteiger partial charge in [-0.1, -0.05) is 41.9 Å². The van der Waals surface area contributed by atoms with Crippen LogP contribution >= 0.6 is 22.9 Å². The fourth-order valence-electron chi connectivity index (χ4n) is 2.01. The van der Waals surface area contributed by atoms with Crippen LogP contribution in [0.2, 0.25) is 4.34 Å². The first kappa shape index (κ1) is 17.8. The van der Waals surface area contributed by atoms with E-state index in [2.05, 4.69) is 5.32 Å². The molecule has 0 bridgehead atoms. The van der Waals surface area contributed by atoms with Crippen molar-refractivity contribution in [2.75, 3.05) is 20.2 Å². The van der Waals surface area contributed by atoms with Crippen LogP contribution in [-0.4, -0.2) is 31.1 Å². The van der Waals surface area contributed by atoms with Crippen molar-refractivity contribution < 1.29 is 9.53 Å². The van der Waals surface area contributed by atoms with Crippen molar-refractivity contribution in [3.63, 3.8) is 0 Å². The third-order valence-electron chi connectivity index (χ3n) is 3.22. The van der Waals surface area contributed by atoms with E-state index in [9.17, 15) is 4.79 Å². The molecular weight excluding hydrogens is 332 g/mol. The lowest BCUT2D eigenvalue weighted by Gasteiger charge is -2.17. The average molecular weight is 353 g/mol. The SMILES string of the molecule is CN(Cc1ccc(Cl)s1)C(=O)NCCCOCc1ccccc1. The molecule has 2 rings (SSSR count). The number of carbonyl (C=O) groups excluding carboxylic acids is 1. The molecule has 0 spiro atoms. The molecule has 0 fully saturated rings. The van der Waals surface area contributed by atoms with Crippen LogP contribution in [0.3, 0.4) is 0 Å². The Bertz CT molecular complexity index is 604. The average Bonchev–Trinajstić information content (AvgIpc) is 2.96. The number of amides is 2. The largest absolute Gasteiger partial charge is 0.377 e. The predicted molar refractivity (Wildman–Crippen MR) is 94.9 cm³/mol. The molecule has 4 nitrogen and oxygen atoms in total. The van der Waals surface area contributed by atoms with Crippen molar-refractivity contribution in [1.82, 2.24) is 10.2 Å². The van der Waals surface area contributed by atoms with Gasteiger partial charge >= 0.3 is 6.03 Å². The van der Waals surface area contributed by atoms with Crippen LogP contribution in [0.4, 0.5) is 4.79 Å². The molecule has 6 heteroatoms. The molecule has 0 atom stereocenters. The smallest absolute Gasteiger partial charge is 0.317 e. The minimum Gasteiger partial charge on any atom is -0.377 e. The zero-order valence-corrected chi connectivity index (χ0v) is 14.7. The summed E-state index contributed by atoms with van der Waals surface area (Å²) in [6.07, 6.45) is 0.789. The topological polar surface area (TPSA) is 41.6 Å². The molecule has 0 unspecified atom stereocenters. The van der Waals surface area contributed by atoms with Crippen LogP contribution < -0.4 is 5.32 Å². The highest BCUT2D eigenvalue weighted by atomic mass is 35.5. The fourth-order valence-corrected chi connectivity index (χ4v) is 3.15. The van der Waals surface area contributed by atoms with E-state index < -0.39 is 0 Å². The van der Waals surface area contributed by atoms with Gasteiger partial charge in [-0.05, 0) is 24.1 Å². The fraction of sp³-hybridized carbons (Fsp3) is 0.353. The summed E-state index contributed by atoms with van der Waals surface area (Å²) in [5, 5.41) is 2.89. The molecule has 1 aromatic carbocycles. The molecule has 1 aromatic heterocycles. The molecule has 2 amide bonds. The van der Waals surface area contributed by atoms with Gasteiger partial charge in [-0.25, -0.2) is 4.79 Å². The van der Waals surface area contributed by atoms with Crippen molar-refractivity contribution in [3.8, 4) is 0 Å². The number of nitrogens with one attached hydrogen (secondary N) is 1. The Hall–Kier alpha value is -1.56. The Morgan fingerprint density at radius 1 is 1.26 bits per heavy atom. The number of hydrogen-bond donors (Lipinski definition) is 1. The summed E-state index contributed by atoms with van der Waals surface area (Å²) in [4.78, 5) is 14.7. The van der Waals surface area contributed by atoms with E-state index in [0.29, 0.717) is 26.3 Å². The first-order chi connectivity index (χ1) is 11.1. The van der Waals surface area contributed by atoms with Crippen molar-refractivity contribution >= 4 is 29.0 Å². The van der Waals surface area contributed by atoms with Crippen LogP contribution in [0, 0.1) is 0 Å². The van der Waals surface area contributed by atoms with Gasteiger partial charge < -0.3 is 15.0 Å². The Morgan fingerprint density at radius 2 is 2.04 bits per heavy atom. The van der Waals surface area contributed by atoms with Crippen LogP contribution in [0.15, 0.2) is 42.5 Å². The van der Waals surface area contributed by atoms with Crippen molar-refractivity contribution in [2.45, 2.75) is 19.6 Å². The summed E-state index contributed by atoms with van der Waals surface area (Å²) in [5.74, 6) is 0. The first-order valence-corrected chi connectivity index (χ1v) is 8.69. The normalized spacial score (nSPS) is 10.5. The van der Waals surface area contributed by atoms with Gasteiger partial charge in [0.2, 0.25) is 0 Å². The first-order valence-electron chi connectivity index (χ1n) is 7.50. The molecule has 23 heavy (non-hydrogen) atoms. The van der Waals surface area contributed by atoms with E-state index in [4.69, 9.17) is 16.3 Å². The lowest BCUT2D eigenvalue weighted by molar-refractivity contribution is 0.118. The Morgan fingerprint density at radius 3 is 2.74 bits per heavy atom. The molecule has 0 saturated heterocycles. The van der Waals surface area contributed by atoms with Gasteiger partial charge in [-0.2, -0.15) is 0 Å². The number of urea groups is 1. The van der Waals surface area contributed by atoms with Crippen molar-refractivity contribution in [2.24, 2.45) is 0 Å². The van der Waals surface area contributed by atoms with Crippen molar-refractivity contribution in [3.05, 3.63) is 57.2 Å². The summed E-state index contributed by atoms with van der Waals surface area (Å²) < 4.78 is 6.32. The molecular formula is C17H21ClN2O2S. The Labute approximate surface area is 146 Å². The van der Waals surface area contributed by atoms with Gasteiger partial charge in [0.05, 0.1) is 17.5 Å². The number of nitrogens with zero attached hydrogens (tertiary/aromatic N) is 1. The molecule has 0 aliphatic carbocycles. The maximum atomic E-state index is 12.0. The minimum atomic E-state index is -0.0856. The van der Waals surface area contributed by atoms with E-state index >= 15 is 0 Å². The monoisotopic (exact) mass is 352 g/mol. The second kappa shape index (κ2) is 9.55. The molecule has 1 heterocycles. The van der Waals surface area contributed by atoms with Crippen LogP contribution in [0.25, 0.3) is 0 Å². The number of rotatable bonds is 8.